The Morgan fingerprint density at radius 2 is 1.64 bits per heavy atom. The van der Waals surface area contributed by atoms with Crippen molar-refractivity contribution in [1.29, 1.82) is 0 Å². The van der Waals surface area contributed by atoms with Crippen molar-refractivity contribution in [2.75, 3.05) is 5.32 Å². The summed E-state index contributed by atoms with van der Waals surface area (Å²) in [6.07, 6.45) is -1.08. The molecule has 33 heavy (non-hydrogen) atoms. The molecule has 1 amide bonds. The Labute approximate surface area is 208 Å². The Morgan fingerprint density at radius 3 is 2.33 bits per heavy atom. The number of fused-ring (bicyclic) bond motifs is 1. The number of anilines is 1. The SMILES string of the molecule is CC(Oc1c(-c2ccccc2Cl)oc2ccc(Cl)cc2c1=O)C(=O)Nc1cc(Cl)cc(Cl)c1. The second-order valence-corrected chi connectivity index (χ2v) is 8.83. The number of hydrogen-bond acceptors (Lipinski definition) is 4. The van der Waals surface area contributed by atoms with Crippen molar-refractivity contribution in [2.24, 2.45) is 0 Å². The fourth-order valence-corrected chi connectivity index (χ4v) is 4.10. The quantitative estimate of drug-likeness (QED) is 0.295. The van der Waals surface area contributed by atoms with Crippen LogP contribution in [-0.2, 0) is 4.79 Å². The number of benzene rings is 3. The Morgan fingerprint density at radius 1 is 0.939 bits per heavy atom. The summed E-state index contributed by atoms with van der Waals surface area (Å²) in [4.78, 5) is 26.1. The summed E-state index contributed by atoms with van der Waals surface area (Å²) in [5.74, 6) is -0.584. The molecule has 1 unspecified atom stereocenters. The summed E-state index contributed by atoms with van der Waals surface area (Å²) in [5.41, 5.74) is 0.644. The van der Waals surface area contributed by atoms with E-state index in [-0.39, 0.29) is 16.9 Å². The first kappa shape index (κ1) is 23.5. The van der Waals surface area contributed by atoms with Crippen molar-refractivity contribution < 1.29 is 13.9 Å². The first-order chi connectivity index (χ1) is 15.7. The van der Waals surface area contributed by atoms with Gasteiger partial charge in [0.2, 0.25) is 11.2 Å². The highest BCUT2D eigenvalue weighted by atomic mass is 35.5. The van der Waals surface area contributed by atoms with Crippen LogP contribution < -0.4 is 15.5 Å². The zero-order valence-electron chi connectivity index (χ0n) is 17.0. The lowest BCUT2D eigenvalue weighted by molar-refractivity contribution is -0.122. The van der Waals surface area contributed by atoms with Gasteiger partial charge in [-0.2, -0.15) is 0 Å². The molecule has 0 spiro atoms. The first-order valence-corrected chi connectivity index (χ1v) is 11.2. The largest absolute Gasteiger partial charge is 0.473 e. The van der Waals surface area contributed by atoms with Crippen LogP contribution in [0.2, 0.25) is 20.1 Å². The predicted molar refractivity (Wildman–Crippen MR) is 133 cm³/mol. The van der Waals surface area contributed by atoms with E-state index in [0.29, 0.717) is 36.9 Å². The van der Waals surface area contributed by atoms with Crippen molar-refractivity contribution in [2.45, 2.75) is 13.0 Å². The summed E-state index contributed by atoms with van der Waals surface area (Å²) in [6, 6.07) is 16.1. The molecule has 168 valence electrons. The van der Waals surface area contributed by atoms with Crippen LogP contribution in [0.15, 0.2) is 69.9 Å². The van der Waals surface area contributed by atoms with E-state index < -0.39 is 17.4 Å². The van der Waals surface area contributed by atoms with Crippen LogP contribution in [0.5, 0.6) is 5.75 Å². The van der Waals surface area contributed by atoms with E-state index in [9.17, 15) is 9.59 Å². The minimum absolute atomic E-state index is 0.103. The highest BCUT2D eigenvalue weighted by Gasteiger charge is 2.24. The molecule has 0 bridgehead atoms. The van der Waals surface area contributed by atoms with Crippen LogP contribution in [0, 0.1) is 0 Å². The van der Waals surface area contributed by atoms with Crippen LogP contribution in [0.1, 0.15) is 6.92 Å². The summed E-state index contributed by atoms with van der Waals surface area (Å²) in [6.45, 7) is 1.50. The highest BCUT2D eigenvalue weighted by Crippen LogP contribution is 2.36. The number of carbonyl (C=O) groups is 1. The van der Waals surface area contributed by atoms with E-state index in [1.807, 2.05) is 0 Å². The molecule has 3 aromatic carbocycles. The molecule has 1 heterocycles. The summed E-state index contributed by atoms with van der Waals surface area (Å²) < 4.78 is 11.8. The maximum atomic E-state index is 13.3. The average molecular weight is 523 g/mol. The third kappa shape index (κ3) is 5.12. The molecule has 4 aromatic rings. The van der Waals surface area contributed by atoms with Gasteiger partial charge in [0.05, 0.1) is 10.4 Å². The van der Waals surface area contributed by atoms with Gasteiger partial charge in [0, 0.05) is 26.3 Å². The van der Waals surface area contributed by atoms with E-state index in [0.717, 1.165) is 0 Å². The molecule has 5 nitrogen and oxygen atoms in total. The number of ether oxygens (including phenoxy) is 1. The second kappa shape index (κ2) is 9.65. The van der Waals surface area contributed by atoms with Gasteiger partial charge in [-0.25, -0.2) is 0 Å². The number of carbonyl (C=O) groups excluding carboxylic acids is 1. The average Bonchev–Trinajstić information content (AvgIpc) is 2.75. The van der Waals surface area contributed by atoms with E-state index in [4.69, 9.17) is 55.6 Å². The molecule has 1 atom stereocenters. The van der Waals surface area contributed by atoms with Crippen LogP contribution in [0.4, 0.5) is 5.69 Å². The number of nitrogens with one attached hydrogen (secondary N) is 1. The van der Waals surface area contributed by atoms with E-state index >= 15 is 0 Å². The molecule has 0 aliphatic heterocycles. The topological polar surface area (TPSA) is 68.5 Å². The maximum absolute atomic E-state index is 13.3. The van der Waals surface area contributed by atoms with E-state index in [1.54, 1.807) is 54.6 Å². The van der Waals surface area contributed by atoms with Crippen LogP contribution >= 0.6 is 46.4 Å². The van der Waals surface area contributed by atoms with Gasteiger partial charge in [-0.1, -0.05) is 58.5 Å². The number of hydrogen-bond donors (Lipinski definition) is 1. The van der Waals surface area contributed by atoms with Crippen molar-refractivity contribution in [1.82, 2.24) is 0 Å². The van der Waals surface area contributed by atoms with Crippen molar-refractivity contribution in [3.8, 4) is 17.1 Å². The van der Waals surface area contributed by atoms with Gasteiger partial charge in [0.15, 0.2) is 11.9 Å². The first-order valence-electron chi connectivity index (χ1n) is 9.68. The summed E-state index contributed by atoms with van der Waals surface area (Å²) in [5, 5.41) is 4.31. The molecule has 0 radical (unpaired) electrons. The van der Waals surface area contributed by atoms with Gasteiger partial charge in [-0.3, -0.25) is 9.59 Å². The van der Waals surface area contributed by atoms with Gasteiger partial charge >= 0.3 is 0 Å². The lowest BCUT2D eigenvalue weighted by atomic mass is 10.1. The van der Waals surface area contributed by atoms with Gasteiger partial charge in [0.25, 0.3) is 5.91 Å². The van der Waals surface area contributed by atoms with Gasteiger partial charge < -0.3 is 14.5 Å². The Hall–Kier alpha value is -2.70. The normalized spacial score (nSPS) is 11.9. The van der Waals surface area contributed by atoms with Gasteiger partial charge in [-0.15, -0.1) is 0 Å². The third-order valence-electron chi connectivity index (χ3n) is 4.72. The molecule has 0 saturated heterocycles. The number of rotatable bonds is 5. The van der Waals surface area contributed by atoms with Gasteiger partial charge in [-0.05, 0) is 55.5 Å². The fraction of sp³-hybridized carbons (Fsp3) is 0.0833. The second-order valence-electron chi connectivity index (χ2n) is 7.12. The highest BCUT2D eigenvalue weighted by molar-refractivity contribution is 6.35. The van der Waals surface area contributed by atoms with E-state index in [2.05, 4.69) is 5.32 Å². The molecule has 0 saturated carbocycles. The zero-order chi connectivity index (χ0) is 23.7. The number of halogens is 4. The molecule has 0 aliphatic carbocycles. The third-order valence-corrected chi connectivity index (χ3v) is 5.72. The minimum atomic E-state index is -1.08. The maximum Gasteiger partial charge on any atom is 0.265 e. The minimum Gasteiger partial charge on any atom is -0.473 e. The Balaban J connectivity index is 1.76. The van der Waals surface area contributed by atoms with Crippen LogP contribution in [-0.4, -0.2) is 12.0 Å². The predicted octanol–water partition coefficient (Wildman–Crippen LogP) is 7.48. The lowest BCUT2D eigenvalue weighted by Crippen LogP contribution is -2.31. The standard InChI is InChI=1S/C24H15Cl4NO4/c1-12(24(31)29-16-9-14(26)8-15(27)10-16)32-23-21(30)18-11-13(25)6-7-20(18)33-22(23)17-4-2-3-5-19(17)28/h2-12H,1H3,(H,29,31). The molecular formula is C24H15Cl4NO4. The molecular weight excluding hydrogens is 508 g/mol. The van der Waals surface area contributed by atoms with Crippen LogP contribution in [0.25, 0.3) is 22.3 Å². The van der Waals surface area contributed by atoms with Gasteiger partial charge in [0.1, 0.15) is 5.58 Å². The van der Waals surface area contributed by atoms with Crippen LogP contribution in [0.3, 0.4) is 0 Å². The number of amides is 1. The summed E-state index contributed by atoms with van der Waals surface area (Å²) >= 11 is 24.4. The molecule has 0 fully saturated rings. The molecule has 9 heteroatoms. The smallest absolute Gasteiger partial charge is 0.265 e. The molecule has 1 N–H and O–H groups in total. The van der Waals surface area contributed by atoms with Crippen molar-refractivity contribution in [3.05, 3.63) is 91.0 Å². The molecule has 0 aliphatic rings. The zero-order valence-corrected chi connectivity index (χ0v) is 20.0. The molecule has 4 rings (SSSR count). The van der Waals surface area contributed by atoms with Crippen molar-refractivity contribution >= 4 is 69.0 Å². The Kier molecular flexibility index (Phi) is 6.86. The monoisotopic (exact) mass is 521 g/mol. The molecule has 1 aromatic heterocycles. The summed E-state index contributed by atoms with van der Waals surface area (Å²) in [7, 11) is 0. The Bertz CT molecular complexity index is 1410. The van der Waals surface area contributed by atoms with Crippen molar-refractivity contribution in [3.63, 3.8) is 0 Å². The fourth-order valence-electron chi connectivity index (χ4n) is 3.18. The lowest BCUT2D eigenvalue weighted by Gasteiger charge is -2.17. The van der Waals surface area contributed by atoms with E-state index in [1.165, 1.54) is 13.0 Å².